The predicted molar refractivity (Wildman–Crippen MR) is 140 cm³/mol. The molecule has 0 aliphatic carbocycles. The third-order valence-electron chi connectivity index (χ3n) is 6.30. The molecule has 12 heteroatoms. The van der Waals surface area contributed by atoms with Gasteiger partial charge >= 0.3 is 5.69 Å². The minimum absolute atomic E-state index is 0.0751. The molecule has 0 atom stereocenters. The van der Waals surface area contributed by atoms with E-state index in [0.29, 0.717) is 16.9 Å². The van der Waals surface area contributed by atoms with Gasteiger partial charge in [-0.1, -0.05) is 36.4 Å². The number of rotatable bonds is 9. The van der Waals surface area contributed by atoms with Crippen LogP contribution in [-0.4, -0.2) is 42.6 Å². The number of nitro groups is 1. The lowest BCUT2D eigenvalue weighted by Crippen LogP contribution is -2.32. The number of pyridine rings is 1. The monoisotopic (exact) mass is 544 g/mol. The van der Waals surface area contributed by atoms with Gasteiger partial charge in [0.25, 0.3) is 5.91 Å². The van der Waals surface area contributed by atoms with Crippen molar-refractivity contribution in [3.8, 4) is 5.75 Å². The summed E-state index contributed by atoms with van der Waals surface area (Å²) in [7, 11) is 1.34. The smallest absolute Gasteiger partial charge is 0.310 e. The van der Waals surface area contributed by atoms with E-state index in [9.17, 15) is 23.7 Å². The van der Waals surface area contributed by atoms with Crippen LogP contribution in [0.3, 0.4) is 0 Å². The molecule has 0 fully saturated rings. The summed E-state index contributed by atoms with van der Waals surface area (Å²) < 4.78 is 35.0. The summed E-state index contributed by atoms with van der Waals surface area (Å²) in [6.45, 7) is -0.0379. The van der Waals surface area contributed by atoms with Gasteiger partial charge in [-0.25, -0.2) is 13.8 Å². The van der Waals surface area contributed by atoms with E-state index in [0.717, 1.165) is 17.5 Å². The van der Waals surface area contributed by atoms with Gasteiger partial charge in [0, 0.05) is 29.6 Å². The Hall–Kier alpha value is -5.26. The van der Waals surface area contributed by atoms with Gasteiger partial charge in [-0.05, 0) is 29.8 Å². The second-order valence-electron chi connectivity index (χ2n) is 8.92. The average Bonchev–Trinajstić information content (AvgIpc) is 3.39. The quantitative estimate of drug-likeness (QED) is 0.191. The summed E-state index contributed by atoms with van der Waals surface area (Å²) in [4.78, 5) is 30.2. The third kappa shape index (κ3) is 5.60. The number of carbonyl (C=O) groups is 1. The van der Waals surface area contributed by atoms with E-state index >= 15 is 0 Å². The van der Waals surface area contributed by atoms with E-state index in [1.165, 1.54) is 36.5 Å². The fourth-order valence-electron chi connectivity index (χ4n) is 4.27. The van der Waals surface area contributed by atoms with Gasteiger partial charge in [0.1, 0.15) is 23.7 Å². The molecule has 2 heterocycles. The summed E-state index contributed by atoms with van der Waals surface area (Å²) in [5.41, 5.74) is 1.38. The molecule has 5 aromatic rings. The van der Waals surface area contributed by atoms with Crippen molar-refractivity contribution in [2.45, 2.75) is 19.6 Å². The zero-order chi connectivity index (χ0) is 28.2. The number of para-hydroxylation sites is 1. The number of benzene rings is 3. The number of aromatic nitrogens is 4. The van der Waals surface area contributed by atoms with Crippen molar-refractivity contribution in [2.24, 2.45) is 0 Å². The molecule has 0 spiro atoms. The first kappa shape index (κ1) is 26.4. The van der Waals surface area contributed by atoms with Crippen molar-refractivity contribution in [3.05, 3.63) is 124 Å². The highest BCUT2D eigenvalue weighted by atomic mass is 19.1. The fourth-order valence-corrected chi connectivity index (χ4v) is 4.27. The number of nitro benzene ring substituents is 1. The van der Waals surface area contributed by atoms with E-state index in [1.807, 2.05) is 18.2 Å². The van der Waals surface area contributed by atoms with E-state index in [1.54, 1.807) is 28.8 Å². The first-order chi connectivity index (χ1) is 19.3. The Balaban J connectivity index is 1.46. The first-order valence-corrected chi connectivity index (χ1v) is 12.1. The maximum absolute atomic E-state index is 14.6. The van der Waals surface area contributed by atoms with E-state index in [-0.39, 0.29) is 42.3 Å². The van der Waals surface area contributed by atoms with Crippen molar-refractivity contribution in [1.82, 2.24) is 24.6 Å². The second-order valence-corrected chi connectivity index (χ2v) is 8.92. The fraction of sp³-hybridized carbons (Fsp3) is 0.143. The summed E-state index contributed by atoms with van der Waals surface area (Å²) in [5, 5.41) is 20.2. The molecule has 3 aromatic carbocycles. The Kier molecular flexibility index (Phi) is 7.40. The SMILES string of the molecule is COc1cc(Cn2cnnc2CN(Cc2ccc(F)cc2F)C(=O)c2ccc3ccccc3n2)ccc1[N+](=O)[O-]. The number of carbonyl (C=O) groups excluding carboxylic acids is 1. The standard InChI is InChI=1S/C28H22F2N6O4/c1-40-26-12-18(6-11-25(26)36(38)39)14-35-17-31-33-27(35)16-34(15-20-7-9-21(29)13-22(20)30)28(37)24-10-8-19-4-2-3-5-23(19)32-24/h2-13,17H,14-16H2,1H3. The topological polar surface area (TPSA) is 116 Å². The van der Waals surface area contributed by atoms with Gasteiger partial charge in [0.05, 0.1) is 30.6 Å². The molecule has 2 aromatic heterocycles. The van der Waals surface area contributed by atoms with E-state index < -0.39 is 22.5 Å². The molecule has 0 saturated heterocycles. The molecule has 0 radical (unpaired) electrons. The molecular weight excluding hydrogens is 522 g/mol. The van der Waals surface area contributed by atoms with Gasteiger partial charge in [0.15, 0.2) is 11.6 Å². The van der Waals surface area contributed by atoms with Crippen molar-refractivity contribution in [2.75, 3.05) is 7.11 Å². The maximum Gasteiger partial charge on any atom is 0.310 e. The number of fused-ring (bicyclic) bond motifs is 1. The molecule has 10 nitrogen and oxygen atoms in total. The van der Waals surface area contributed by atoms with E-state index in [2.05, 4.69) is 15.2 Å². The zero-order valence-corrected chi connectivity index (χ0v) is 21.2. The van der Waals surface area contributed by atoms with Crippen LogP contribution in [0.15, 0.2) is 79.1 Å². The minimum Gasteiger partial charge on any atom is -0.490 e. The lowest BCUT2D eigenvalue weighted by Gasteiger charge is -2.23. The van der Waals surface area contributed by atoms with E-state index in [4.69, 9.17) is 4.74 Å². The van der Waals surface area contributed by atoms with Crippen LogP contribution in [0.25, 0.3) is 10.9 Å². The van der Waals surface area contributed by atoms with Crippen LogP contribution in [0.4, 0.5) is 14.5 Å². The molecule has 40 heavy (non-hydrogen) atoms. The lowest BCUT2D eigenvalue weighted by atomic mass is 10.1. The number of hydrogen-bond donors (Lipinski definition) is 0. The van der Waals surface area contributed by atoms with Crippen LogP contribution >= 0.6 is 0 Å². The zero-order valence-electron chi connectivity index (χ0n) is 21.2. The van der Waals surface area contributed by atoms with Crippen LogP contribution in [-0.2, 0) is 19.6 Å². The Labute approximate surface area is 226 Å². The molecule has 1 amide bonds. The largest absolute Gasteiger partial charge is 0.490 e. The number of hydrogen-bond acceptors (Lipinski definition) is 7. The Morgan fingerprint density at radius 2 is 1.88 bits per heavy atom. The third-order valence-corrected chi connectivity index (χ3v) is 6.30. The minimum atomic E-state index is -0.788. The normalized spacial score (nSPS) is 11.0. The summed E-state index contributed by atoms with van der Waals surface area (Å²) >= 11 is 0. The summed E-state index contributed by atoms with van der Waals surface area (Å²) in [6.07, 6.45) is 1.46. The summed E-state index contributed by atoms with van der Waals surface area (Å²) in [5.74, 6) is -1.53. The lowest BCUT2D eigenvalue weighted by molar-refractivity contribution is -0.385. The number of halogens is 2. The molecule has 0 unspecified atom stereocenters. The summed E-state index contributed by atoms with van der Waals surface area (Å²) in [6, 6.07) is 18.3. The molecule has 5 rings (SSSR count). The molecule has 0 aliphatic heterocycles. The predicted octanol–water partition coefficient (Wildman–Crippen LogP) is 4.91. The van der Waals surface area contributed by atoms with Crippen LogP contribution in [0.5, 0.6) is 5.75 Å². The highest BCUT2D eigenvalue weighted by Gasteiger charge is 2.23. The average molecular weight is 545 g/mol. The van der Waals surface area contributed by atoms with Gasteiger partial charge in [-0.2, -0.15) is 0 Å². The van der Waals surface area contributed by atoms with Crippen LogP contribution in [0.1, 0.15) is 27.4 Å². The van der Waals surface area contributed by atoms with Gasteiger partial charge in [-0.15, -0.1) is 10.2 Å². The molecule has 202 valence electrons. The molecular formula is C28H22F2N6O4. The molecule has 0 bridgehead atoms. The van der Waals surface area contributed by atoms with Crippen molar-refractivity contribution < 1.29 is 23.2 Å². The second kappa shape index (κ2) is 11.2. The molecule has 0 aliphatic rings. The van der Waals surface area contributed by atoms with Gasteiger partial charge in [-0.3, -0.25) is 14.9 Å². The Bertz CT molecular complexity index is 1720. The molecule has 0 saturated carbocycles. The highest BCUT2D eigenvalue weighted by molar-refractivity contribution is 5.94. The van der Waals surface area contributed by atoms with Crippen molar-refractivity contribution in [3.63, 3.8) is 0 Å². The number of nitrogens with zero attached hydrogens (tertiary/aromatic N) is 6. The number of methoxy groups -OCH3 is 1. The Morgan fingerprint density at radius 1 is 1.05 bits per heavy atom. The van der Waals surface area contributed by atoms with Gasteiger partial charge in [0.2, 0.25) is 0 Å². The van der Waals surface area contributed by atoms with Crippen LogP contribution < -0.4 is 4.74 Å². The van der Waals surface area contributed by atoms with Crippen molar-refractivity contribution in [1.29, 1.82) is 0 Å². The number of ether oxygens (including phenoxy) is 1. The number of amides is 1. The first-order valence-electron chi connectivity index (χ1n) is 12.1. The maximum atomic E-state index is 14.6. The van der Waals surface area contributed by atoms with Crippen LogP contribution in [0, 0.1) is 21.7 Å². The van der Waals surface area contributed by atoms with Crippen molar-refractivity contribution >= 4 is 22.5 Å². The highest BCUT2D eigenvalue weighted by Crippen LogP contribution is 2.28. The molecule has 0 N–H and O–H groups in total. The Morgan fingerprint density at radius 3 is 2.65 bits per heavy atom. The van der Waals surface area contributed by atoms with Crippen LogP contribution in [0.2, 0.25) is 0 Å². The van der Waals surface area contributed by atoms with Gasteiger partial charge < -0.3 is 14.2 Å².